The Morgan fingerprint density at radius 3 is 2.30 bits per heavy atom. The number of carbonyl (C=O) groups is 2. The Bertz CT molecular complexity index is 892. The summed E-state index contributed by atoms with van der Waals surface area (Å²) in [5.41, 5.74) is 1.74. The second-order valence-electron chi connectivity index (χ2n) is 5.57. The third-order valence-corrected chi connectivity index (χ3v) is 3.90. The molecule has 0 amide bonds. The fourth-order valence-electron chi connectivity index (χ4n) is 2.56. The van der Waals surface area contributed by atoms with Gasteiger partial charge in [0.05, 0.1) is 12.0 Å². The van der Waals surface area contributed by atoms with E-state index in [1.165, 1.54) is 0 Å². The Morgan fingerprint density at radius 1 is 0.870 bits per heavy atom. The number of benzene rings is 3. The maximum Gasteiger partial charge on any atom is 0.174 e. The van der Waals surface area contributed by atoms with Crippen molar-refractivity contribution in [2.45, 2.75) is 13.3 Å². The zero-order chi connectivity index (χ0) is 16.4. The molecule has 1 N–H and O–H groups in total. The number of carbonyl (C=O) groups excluding carboxylic acids is 2. The smallest absolute Gasteiger partial charge is 0.174 e. The van der Waals surface area contributed by atoms with Crippen LogP contribution in [0.3, 0.4) is 0 Å². The first kappa shape index (κ1) is 15.0. The zero-order valence-corrected chi connectivity index (χ0v) is 12.7. The second-order valence-corrected chi connectivity index (χ2v) is 5.57. The lowest BCUT2D eigenvalue weighted by Crippen LogP contribution is -2.09. The largest absolute Gasteiger partial charge is 0.507 e. The first-order valence-corrected chi connectivity index (χ1v) is 7.40. The van der Waals surface area contributed by atoms with Crippen LogP contribution in [0.25, 0.3) is 10.8 Å². The highest BCUT2D eigenvalue weighted by molar-refractivity contribution is 6.16. The van der Waals surface area contributed by atoms with Crippen molar-refractivity contribution in [3.05, 3.63) is 77.4 Å². The number of Topliss-reactive ketones (excluding diaryl/α,β-unsaturated/α-hetero) is 2. The third kappa shape index (κ3) is 2.99. The highest BCUT2D eigenvalue weighted by Gasteiger charge is 2.18. The number of fused-ring (bicyclic) bond motifs is 1. The lowest BCUT2D eigenvalue weighted by Gasteiger charge is -2.07. The monoisotopic (exact) mass is 304 g/mol. The van der Waals surface area contributed by atoms with Crippen molar-refractivity contribution in [3.63, 3.8) is 0 Å². The molecule has 3 heteroatoms. The van der Waals surface area contributed by atoms with E-state index in [-0.39, 0.29) is 29.3 Å². The SMILES string of the molecule is Cc1ccc(C(=O)CC(=O)c2ccc3ccccc3c2O)cc1. The van der Waals surface area contributed by atoms with Crippen LogP contribution in [0, 0.1) is 6.92 Å². The summed E-state index contributed by atoms with van der Waals surface area (Å²) >= 11 is 0. The van der Waals surface area contributed by atoms with Crippen LogP contribution < -0.4 is 0 Å². The number of phenolic OH excluding ortho intramolecular Hbond substituents is 1. The molecule has 0 saturated carbocycles. The van der Waals surface area contributed by atoms with E-state index in [0.717, 1.165) is 10.9 Å². The highest BCUT2D eigenvalue weighted by Crippen LogP contribution is 2.29. The number of phenols is 1. The summed E-state index contributed by atoms with van der Waals surface area (Å²) < 4.78 is 0. The maximum absolute atomic E-state index is 12.4. The van der Waals surface area contributed by atoms with Crippen molar-refractivity contribution >= 4 is 22.3 Å². The Morgan fingerprint density at radius 2 is 1.57 bits per heavy atom. The van der Waals surface area contributed by atoms with Gasteiger partial charge in [-0.25, -0.2) is 0 Å². The van der Waals surface area contributed by atoms with Gasteiger partial charge in [0.25, 0.3) is 0 Å². The van der Waals surface area contributed by atoms with Gasteiger partial charge in [-0.05, 0) is 18.4 Å². The van der Waals surface area contributed by atoms with Crippen molar-refractivity contribution in [1.82, 2.24) is 0 Å². The normalized spacial score (nSPS) is 10.7. The van der Waals surface area contributed by atoms with E-state index in [1.807, 2.05) is 31.2 Å². The van der Waals surface area contributed by atoms with Gasteiger partial charge in [-0.2, -0.15) is 0 Å². The van der Waals surface area contributed by atoms with Crippen molar-refractivity contribution in [3.8, 4) is 5.75 Å². The van der Waals surface area contributed by atoms with E-state index < -0.39 is 0 Å². The Hall–Kier alpha value is -2.94. The van der Waals surface area contributed by atoms with Gasteiger partial charge in [0.1, 0.15) is 5.75 Å². The van der Waals surface area contributed by atoms with Gasteiger partial charge in [-0.15, -0.1) is 0 Å². The van der Waals surface area contributed by atoms with Crippen LogP contribution in [-0.2, 0) is 0 Å². The fraction of sp³-hybridized carbons (Fsp3) is 0.100. The average molecular weight is 304 g/mol. The number of ketones is 2. The summed E-state index contributed by atoms with van der Waals surface area (Å²) in [4.78, 5) is 24.6. The summed E-state index contributed by atoms with van der Waals surface area (Å²) in [7, 11) is 0. The van der Waals surface area contributed by atoms with Gasteiger partial charge < -0.3 is 5.11 Å². The molecular formula is C20H16O3. The van der Waals surface area contributed by atoms with Crippen LogP contribution in [-0.4, -0.2) is 16.7 Å². The first-order valence-electron chi connectivity index (χ1n) is 7.40. The molecule has 0 bridgehead atoms. The topological polar surface area (TPSA) is 54.4 Å². The molecule has 23 heavy (non-hydrogen) atoms. The molecule has 0 aromatic heterocycles. The lowest BCUT2D eigenvalue weighted by atomic mass is 9.98. The molecule has 0 aliphatic rings. The molecule has 0 unspecified atom stereocenters. The van der Waals surface area contributed by atoms with E-state index >= 15 is 0 Å². The molecule has 3 aromatic carbocycles. The first-order chi connectivity index (χ1) is 11.1. The molecule has 0 heterocycles. The van der Waals surface area contributed by atoms with E-state index in [0.29, 0.717) is 10.9 Å². The number of hydrogen-bond donors (Lipinski definition) is 1. The van der Waals surface area contributed by atoms with Crippen LogP contribution in [0.1, 0.15) is 32.7 Å². The third-order valence-electron chi connectivity index (χ3n) is 3.90. The van der Waals surface area contributed by atoms with Gasteiger partial charge in [0.15, 0.2) is 11.6 Å². The van der Waals surface area contributed by atoms with Gasteiger partial charge in [0.2, 0.25) is 0 Å². The summed E-state index contributed by atoms with van der Waals surface area (Å²) in [6.45, 7) is 1.94. The minimum atomic E-state index is -0.376. The Kier molecular flexibility index (Phi) is 3.94. The van der Waals surface area contributed by atoms with Gasteiger partial charge >= 0.3 is 0 Å². The number of aryl methyl sites for hydroxylation is 1. The zero-order valence-electron chi connectivity index (χ0n) is 12.7. The van der Waals surface area contributed by atoms with Crippen LogP contribution in [0.5, 0.6) is 5.75 Å². The molecule has 0 radical (unpaired) electrons. The maximum atomic E-state index is 12.4. The second kappa shape index (κ2) is 6.05. The standard InChI is InChI=1S/C20H16O3/c1-13-6-8-15(9-7-13)18(21)12-19(22)17-11-10-14-4-2-3-5-16(14)20(17)23/h2-11,23H,12H2,1H3. The number of rotatable bonds is 4. The van der Waals surface area contributed by atoms with E-state index in [1.54, 1.807) is 36.4 Å². The predicted molar refractivity (Wildman–Crippen MR) is 90.1 cm³/mol. The molecule has 0 aliphatic heterocycles. The van der Waals surface area contributed by atoms with Crippen molar-refractivity contribution in [2.24, 2.45) is 0 Å². The minimum Gasteiger partial charge on any atom is -0.507 e. The lowest BCUT2D eigenvalue weighted by molar-refractivity contribution is 0.0893. The molecule has 0 fully saturated rings. The highest BCUT2D eigenvalue weighted by atomic mass is 16.3. The summed E-state index contributed by atoms with van der Waals surface area (Å²) in [5, 5.41) is 11.8. The Labute approximate surface area is 134 Å². The molecule has 3 rings (SSSR count). The van der Waals surface area contributed by atoms with E-state index in [4.69, 9.17) is 0 Å². The van der Waals surface area contributed by atoms with Crippen LogP contribution in [0.15, 0.2) is 60.7 Å². The summed E-state index contributed by atoms with van der Waals surface area (Å²) in [5.74, 6) is -0.689. The predicted octanol–water partition coefficient (Wildman–Crippen LogP) is 4.31. The van der Waals surface area contributed by atoms with Gasteiger partial charge in [-0.1, -0.05) is 60.2 Å². The number of aromatic hydroxyl groups is 1. The van der Waals surface area contributed by atoms with E-state index in [2.05, 4.69) is 0 Å². The average Bonchev–Trinajstić information content (AvgIpc) is 2.56. The molecule has 114 valence electrons. The molecule has 0 atom stereocenters. The summed E-state index contributed by atoms with van der Waals surface area (Å²) in [6, 6.07) is 17.7. The Balaban J connectivity index is 1.87. The van der Waals surface area contributed by atoms with Crippen LogP contribution >= 0.6 is 0 Å². The van der Waals surface area contributed by atoms with Crippen molar-refractivity contribution in [1.29, 1.82) is 0 Å². The molecule has 0 saturated heterocycles. The molecule has 0 aliphatic carbocycles. The van der Waals surface area contributed by atoms with Crippen LogP contribution in [0.4, 0.5) is 0 Å². The van der Waals surface area contributed by atoms with E-state index in [9.17, 15) is 14.7 Å². The molecule has 0 spiro atoms. The molecule has 3 nitrogen and oxygen atoms in total. The van der Waals surface area contributed by atoms with Gasteiger partial charge in [-0.3, -0.25) is 9.59 Å². The van der Waals surface area contributed by atoms with Gasteiger partial charge in [0, 0.05) is 10.9 Å². The van der Waals surface area contributed by atoms with Crippen LogP contribution in [0.2, 0.25) is 0 Å². The van der Waals surface area contributed by atoms with Crippen molar-refractivity contribution in [2.75, 3.05) is 0 Å². The number of hydrogen-bond acceptors (Lipinski definition) is 3. The molecular weight excluding hydrogens is 288 g/mol. The molecule has 3 aromatic rings. The fourth-order valence-corrected chi connectivity index (χ4v) is 2.56. The quantitative estimate of drug-likeness (QED) is 0.577. The van der Waals surface area contributed by atoms with Crippen molar-refractivity contribution < 1.29 is 14.7 Å². The minimum absolute atomic E-state index is 0.0650. The summed E-state index contributed by atoms with van der Waals surface area (Å²) in [6.07, 6.45) is -0.255.